The fraction of sp³-hybridized carbons (Fsp3) is 0.444. The average Bonchev–Trinajstić information content (AvgIpc) is 3.17. The van der Waals surface area contributed by atoms with E-state index in [4.69, 9.17) is 0 Å². The molecule has 2 aliphatic heterocycles. The Morgan fingerprint density at radius 3 is 2.58 bits per heavy atom. The Morgan fingerprint density at radius 2 is 1.96 bits per heavy atom. The molecule has 1 unspecified atom stereocenters. The number of aromatic nitrogens is 1. The van der Waals surface area contributed by atoms with Crippen molar-refractivity contribution >= 4 is 34.7 Å². The molecule has 1 aromatic heterocycles. The third kappa shape index (κ3) is 3.36. The molecule has 0 saturated carbocycles. The number of nitrogens with zero attached hydrogens (tertiary/aromatic N) is 2. The topological polar surface area (TPSA) is 45.2 Å². The maximum Gasteiger partial charge on any atom is 0.275 e. The molecule has 2 aromatic rings. The van der Waals surface area contributed by atoms with Crippen LogP contribution < -0.4 is 5.32 Å². The molecule has 1 aromatic carbocycles. The van der Waals surface area contributed by atoms with Crippen LogP contribution >= 0.6 is 23.1 Å². The summed E-state index contributed by atoms with van der Waals surface area (Å²) in [7, 11) is 2.28. The van der Waals surface area contributed by atoms with E-state index >= 15 is 0 Å². The highest BCUT2D eigenvalue weighted by molar-refractivity contribution is 8.00. The van der Waals surface area contributed by atoms with Gasteiger partial charge in [0.2, 0.25) is 0 Å². The van der Waals surface area contributed by atoms with Crippen LogP contribution in [0.15, 0.2) is 40.1 Å². The van der Waals surface area contributed by atoms with Crippen molar-refractivity contribution in [2.45, 2.75) is 47.9 Å². The summed E-state index contributed by atoms with van der Waals surface area (Å²) in [6.45, 7) is 0. The molecule has 6 heteroatoms. The smallest absolute Gasteiger partial charge is 0.275 e. The average molecular weight is 360 g/mol. The van der Waals surface area contributed by atoms with Crippen LogP contribution in [0.1, 0.15) is 36.2 Å². The Bertz CT molecular complexity index is 688. The largest absolute Gasteiger partial charge is 0.321 e. The number of amides is 1. The van der Waals surface area contributed by atoms with Crippen molar-refractivity contribution in [2.24, 2.45) is 0 Å². The third-order valence-electron chi connectivity index (χ3n) is 5.13. The molecule has 3 heterocycles. The Morgan fingerprint density at radius 1 is 1.25 bits per heavy atom. The minimum Gasteiger partial charge on any atom is -0.321 e. The molecule has 1 N–H and O–H groups in total. The van der Waals surface area contributed by atoms with E-state index in [2.05, 4.69) is 34.4 Å². The van der Waals surface area contributed by atoms with Crippen molar-refractivity contribution in [1.82, 2.24) is 9.88 Å². The van der Waals surface area contributed by atoms with Crippen LogP contribution in [0, 0.1) is 0 Å². The first-order chi connectivity index (χ1) is 11.7. The lowest BCUT2D eigenvalue weighted by molar-refractivity contribution is 0.102. The first kappa shape index (κ1) is 16.1. The monoisotopic (exact) mass is 359 g/mol. The second-order valence-electron chi connectivity index (χ2n) is 6.61. The van der Waals surface area contributed by atoms with E-state index in [1.165, 1.54) is 41.9 Å². The van der Waals surface area contributed by atoms with Gasteiger partial charge in [-0.15, -0.1) is 23.1 Å². The molecule has 2 saturated heterocycles. The Hall–Kier alpha value is -1.37. The number of piperidine rings is 1. The van der Waals surface area contributed by atoms with E-state index in [1.807, 2.05) is 23.9 Å². The summed E-state index contributed by atoms with van der Waals surface area (Å²) in [5, 5.41) is 5.37. The van der Waals surface area contributed by atoms with Gasteiger partial charge < -0.3 is 10.2 Å². The predicted molar refractivity (Wildman–Crippen MR) is 100.0 cm³/mol. The van der Waals surface area contributed by atoms with Crippen LogP contribution in [-0.4, -0.2) is 40.2 Å². The van der Waals surface area contributed by atoms with Gasteiger partial charge in [-0.1, -0.05) is 0 Å². The van der Waals surface area contributed by atoms with Gasteiger partial charge in [-0.3, -0.25) is 4.79 Å². The van der Waals surface area contributed by atoms with Gasteiger partial charge in [-0.05, 0) is 57.0 Å². The lowest BCUT2D eigenvalue weighted by atomic mass is 10.0. The Kier molecular flexibility index (Phi) is 4.61. The van der Waals surface area contributed by atoms with Gasteiger partial charge in [0.25, 0.3) is 5.91 Å². The van der Waals surface area contributed by atoms with Crippen LogP contribution in [0.2, 0.25) is 0 Å². The lowest BCUT2D eigenvalue weighted by Crippen LogP contribution is -2.40. The summed E-state index contributed by atoms with van der Waals surface area (Å²) in [5.74, 6) is -0.149. The Labute approximate surface area is 150 Å². The zero-order valence-corrected chi connectivity index (χ0v) is 15.3. The number of rotatable bonds is 4. The number of thiazole rings is 1. The number of carbonyl (C=O) groups excluding carboxylic acids is 1. The summed E-state index contributed by atoms with van der Waals surface area (Å²) in [5.41, 5.74) is 2.96. The molecule has 4 nitrogen and oxygen atoms in total. The number of anilines is 1. The van der Waals surface area contributed by atoms with Crippen molar-refractivity contribution in [3.8, 4) is 0 Å². The summed E-state index contributed by atoms with van der Waals surface area (Å²) in [6.07, 6.45) is 5.31. The van der Waals surface area contributed by atoms with Crippen LogP contribution in [0.5, 0.6) is 0 Å². The zero-order chi connectivity index (χ0) is 16.5. The zero-order valence-electron chi connectivity index (χ0n) is 13.6. The molecule has 0 spiro atoms. The van der Waals surface area contributed by atoms with E-state index in [-0.39, 0.29) is 5.91 Å². The molecule has 1 amide bonds. The first-order valence-electron chi connectivity index (χ1n) is 8.37. The number of fused-ring (bicyclic) bond motifs is 2. The highest BCUT2D eigenvalue weighted by Gasteiger charge is 2.38. The number of nitrogens with one attached hydrogen (secondary N) is 1. The molecule has 2 bridgehead atoms. The van der Waals surface area contributed by atoms with Crippen LogP contribution in [-0.2, 0) is 0 Å². The Balaban J connectivity index is 1.35. The fourth-order valence-electron chi connectivity index (χ4n) is 3.79. The van der Waals surface area contributed by atoms with Crippen molar-refractivity contribution in [2.75, 3.05) is 12.4 Å². The molecule has 126 valence electrons. The quantitative estimate of drug-likeness (QED) is 0.892. The van der Waals surface area contributed by atoms with E-state index in [0.29, 0.717) is 10.9 Å². The molecular weight excluding hydrogens is 338 g/mol. The summed E-state index contributed by atoms with van der Waals surface area (Å²) < 4.78 is 0. The van der Waals surface area contributed by atoms with Crippen molar-refractivity contribution in [3.05, 3.63) is 40.8 Å². The fourth-order valence-corrected chi connectivity index (χ4v) is 5.63. The summed E-state index contributed by atoms with van der Waals surface area (Å²) in [4.78, 5) is 19.9. The molecule has 0 radical (unpaired) electrons. The van der Waals surface area contributed by atoms with Crippen molar-refractivity contribution < 1.29 is 4.79 Å². The van der Waals surface area contributed by atoms with E-state index < -0.39 is 0 Å². The normalized spacial score (nSPS) is 26.5. The summed E-state index contributed by atoms with van der Waals surface area (Å²) in [6, 6.07) is 9.74. The molecular formula is C18H21N3OS2. The highest BCUT2D eigenvalue weighted by atomic mass is 32.2. The predicted octanol–water partition coefficient (Wildman–Crippen LogP) is 4.11. The van der Waals surface area contributed by atoms with Gasteiger partial charge in [0, 0.05) is 33.3 Å². The number of benzene rings is 1. The van der Waals surface area contributed by atoms with Crippen LogP contribution in [0.3, 0.4) is 0 Å². The number of thioether (sulfide) groups is 1. The SMILES string of the molecule is CN1[C@@H]2CC[C@H]1CC(Sc1ccc(NC(=O)c3cscn3)cc1)C2. The first-order valence-corrected chi connectivity index (χ1v) is 10.2. The van der Waals surface area contributed by atoms with E-state index in [9.17, 15) is 4.79 Å². The number of hydrogen-bond acceptors (Lipinski definition) is 5. The molecule has 3 atom stereocenters. The van der Waals surface area contributed by atoms with Crippen molar-refractivity contribution in [1.29, 1.82) is 0 Å². The van der Waals surface area contributed by atoms with Crippen LogP contribution in [0.4, 0.5) is 5.69 Å². The standard InChI is InChI=1S/C18H21N3OS2/c1-21-13-4-5-14(21)9-16(8-13)24-15-6-2-12(3-7-15)20-18(22)17-10-23-11-19-17/h2-3,6-7,10-11,13-14,16H,4-5,8-9H2,1H3,(H,20,22)/t13-,14+,16?. The maximum absolute atomic E-state index is 12.0. The van der Waals surface area contributed by atoms with Crippen molar-refractivity contribution in [3.63, 3.8) is 0 Å². The molecule has 2 aliphatic rings. The van der Waals surface area contributed by atoms with Gasteiger partial charge in [-0.2, -0.15) is 0 Å². The second kappa shape index (κ2) is 6.86. The van der Waals surface area contributed by atoms with Gasteiger partial charge in [-0.25, -0.2) is 4.98 Å². The van der Waals surface area contributed by atoms with Gasteiger partial charge in [0.05, 0.1) is 5.51 Å². The molecule has 4 rings (SSSR count). The van der Waals surface area contributed by atoms with E-state index in [0.717, 1.165) is 17.8 Å². The molecule has 24 heavy (non-hydrogen) atoms. The van der Waals surface area contributed by atoms with Gasteiger partial charge in [0.15, 0.2) is 0 Å². The minimum absolute atomic E-state index is 0.149. The summed E-state index contributed by atoms with van der Waals surface area (Å²) >= 11 is 3.42. The van der Waals surface area contributed by atoms with Crippen LogP contribution in [0.25, 0.3) is 0 Å². The second-order valence-corrected chi connectivity index (χ2v) is 8.71. The minimum atomic E-state index is -0.149. The molecule has 2 fully saturated rings. The number of hydrogen-bond donors (Lipinski definition) is 1. The third-order valence-corrected chi connectivity index (χ3v) is 6.98. The van der Waals surface area contributed by atoms with Gasteiger partial charge >= 0.3 is 0 Å². The molecule has 0 aliphatic carbocycles. The highest BCUT2D eigenvalue weighted by Crippen LogP contribution is 2.41. The number of carbonyl (C=O) groups is 1. The van der Waals surface area contributed by atoms with E-state index in [1.54, 1.807) is 10.9 Å². The lowest BCUT2D eigenvalue weighted by Gasteiger charge is -2.36. The van der Waals surface area contributed by atoms with Gasteiger partial charge in [0.1, 0.15) is 5.69 Å². The maximum atomic E-state index is 12.0.